The summed E-state index contributed by atoms with van der Waals surface area (Å²) in [7, 11) is 0. The fourth-order valence-corrected chi connectivity index (χ4v) is 2.85. The van der Waals surface area contributed by atoms with Gasteiger partial charge in [0, 0.05) is 11.8 Å². The van der Waals surface area contributed by atoms with Crippen LogP contribution in [0.5, 0.6) is 0 Å². The van der Waals surface area contributed by atoms with Crippen molar-refractivity contribution in [3.63, 3.8) is 0 Å². The molecule has 2 rings (SSSR count). The van der Waals surface area contributed by atoms with E-state index >= 15 is 0 Å². The minimum absolute atomic E-state index is 0.152. The molecular formula is C14H20O3. The number of carbonyl (C=O) groups is 1. The van der Waals surface area contributed by atoms with E-state index in [0.717, 1.165) is 6.29 Å². The molecule has 2 atom stereocenters. The molecule has 2 N–H and O–H groups in total. The van der Waals surface area contributed by atoms with Gasteiger partial charge >= 0.3 is 0 Å². The van der Waals surface area contributed by atoms with Crippen LogP contribution in [0.1, 0.15) is 32.6 Å². The van der Waals surface area contributed by atoms with Crippen molar-refractivity contribution in [2.24, 2.45) is 11.8 Å². The summed E-state index contributed by atoms with van der Waals surface area (Å²) in [6.45, 7) is 1.81. The van der Waals surface area contributed by atoms with Gasteiger partial charge in [0.2, 0.25) is 0 Å². The molecule has 0 spiro atoms. The third kappa shape index (κ3) is 2.50. The summed E-state index contributed by atoms with van der Waals surface area (Å²) in [6, 6.07) is 0. The van der Waals surface area contributed by atoms with Crippen LogP contribution in [0.2, 0.25) is 0 Å². The van der Waals surface area contributed by atoms with Crippen LogP contribution in [0.15, 0.2) is 24.3 Å². The molecule has 0 aliphatic heterocycles. The molecule has 0 aromatic carbocycles. The molecule has 0 amide bonds. The SMILES string of the molecule is CC1(O)CCC(O)(C2C=CC=CC2C=O)CC1. The lowest BCUT2D eigenvalue weighted by molar-refractivity contribution is -0.121. The summed E-state index contributed by atoms with van der Waals surface area (Å²) in [5.41, 5.74) is -1.52. The van der Waals surface area contributed by atoms with Gasteiger partial charge in [-0.1, -0.05) is 24.3 Å². The highest BCUT2D eigenvalue weighted by molar-refractivity contribution is 5.59. The van der Waals surface area contributed by atoms with E-state index in [1.807, 2.05) is 24.3 Å². The summed E-state index contributed by atoms with van der Waals surface area (Å²) in [5.74, 6) is -0.394. The maximum atomic E-state index is 11.0. The Bertz CT molecular complexity index is 344. The molecule has 2 aliphatic carbocycles. The average molecular weight is 236 g/mol. The van der Waals surface area contributed by atoms with Crippen LogP contribution in [-0.2, 0) is 4.79 Å². The van der Waals surface area contributed by atoms with Crippen molar-refractivity contribution in [1.29, 1.82) is 0 Å². The molecule has 0 aromatic heterocycles. The molecule has 2 aliphatic rings. The van der Waals surface area contributed by atoms with E-state index in [0.29, 0.717) is 25.7 Å². The van der Waals surface area contributed by atoms with Gasteiger partial charge in [0.05, 0.1) is 11.2 Å². The topological polar surface area (TPSA) is 57.5 Å². The molecule has 0 aromatic rings. The average Bonchev–Trinajstić information content (AvgIpc) is 2.33. The fraction of sp³-hybridized carbons (Fsp3) is 0.643. The van der Waals surface area contributed by atoms with Crippen LogP contribution in [0.3, 0.4) is 0 Å². The highest BCUT2D eigenvalue weighted by Crippen LogP contribution is 2.42. The van der Waals surface area contributed by atoms with Crippen molar-refractivity contribution >= 4 is 6.29 Å². The zero-order valence-corrected chi connectivity index (χ0v) is 10.2. The van der Waals surface area contributed by atoms with E-state index < -0.39 is 11.2 Å². The minimum atomic E-state index is -0.852. The molecule has 1 saturated carbocycles. The molecule has 17 heavy (non-hydrogen) atoms. The second kappa shape index (κ2) is 4.39. The first-order valence-corrected chi connectivity index (χ1v) is 6.22. The number of carbonyl (C=O) groups excluding carboxylic acids is 1. The molecule has 3 nitrogen and oxygen atoms in total. The second-order valence-electron chi connectivity index (χ2n) is 5.61. The Hall–Kier alpha value is -0.930. The van der Waals surface area contributed by atoms with E-state index in [9.17, 15) is 15.0 Å². The number of hydrogen-bond acceptors (Lipinski definition) is 3. The lowest BCUT2D eigenvalue weighted by Crippen LogP contribution is -2.48. The zero-order chi connectivity index (χ0) is 12.5. The number of hydrogen-bond donors (Lipinski definition) is 2. The lowest BCUT2D eigenvalue weighted by Gasteiger charge is -2.44. The van der Waals surface area contributed by atoms with Crippen molar-refractivity contribution in [3.8, 4) is 0 Å². The van der Waals surface area contributed by atoms with Crippen LogP contribution in [0.4, 0.5) is 0 Å². The Morgan fingerprint density at radius 3 is 2.29 bits per heavy atom. The number of aldehydes is 1. The van der Waals surface area contributed by atoms with E-state index in [1.165, 1.54) is 0 Å². The van der Waals surface area contributed by atoms with E-state index in [2.05, 4.69) is 0 Å². The summed E-state index contributed by atoms with van der Waals surface area (Å²) in [4.78, 5) is 11.0. The van der Waals surface area contributed by atoms with Gasteiger partial charge in [-0.15, -0.1) is 0 Å². The van der Waals surface area contributed by atoms with Gasteiger partial charge in [0.1, 0.15) is 6.29 Å². The molecule has 94 valence electrons. The standard InChI is InChI=1S/C14H20O3/c1-13(16)6-8-14(17,9-7-13)12-5-3-2-4-11(12)10-15/h2-5,10-12,16-17H,6-9H2,1H3. The first kappa shape index (κ1) is 12.5. The Kier molecular flexibility index (Phi) is 3.23. The Morgan fingerprint density at radius 2 is 1.71 bits per heavy atom. The second-order valence-corrected chi connectivity index (χ2v) is 5.61. The molecule has 0 saturated heterocycles. The van der Waals surface area contributed by atoms with Gasteiger partial charge in [-0.3, -0.25) is 0 Å². The zero-order valence-electron chi connectivity index (χ0n) is 10.2. The van der Waals surface area contributed by atoms with Gasteiger partial charge in [-0.05, 0) is 32.6 Å². The maximum absolute atomic E-state index is 11.0. The summed E-state index contributed by atoms with van der Waals surface area (Å²) in [6.07, 6.45) is 10.6. The van der Waals surface area contributed by atoms with Crippen molar-refractivity contribution < 1.29 is 15.0 Å². The highest BCUT2D eigenvalue weighted by atomic mass is 16.3. The number of aliphatic hydroxyl groups is 2. The van der Waals surface area contributed by atoms with Gasteiger partial charge in [-0.2, -0.15) is 0 Å². The van der Waals surface area contributed by atoms with Gasteiger partial charge in [0.25, 0.3) is 0 Å². The van der Waals surface area contributed by atoms with Crippen LogP contribution < -0.4 is 0 Å². The molecule has 1 fully saturated rings. The van der Waals surface area contributed by atoms with Crippen LogP contribution in [-0.4, -0.2) is 27.7 Å². The van der Waals surface area contributed by atoms with Gasteiger partial charge in [0.15, 0.2) is 0 Å². The van der Waals surface area contributed by atoms with E-state index in [-0.39, 0.29) is 11.8 Å². The summed E-state index contributed by atoms with van der Waals surface area (Å²) < 4.78 is 0. The maximum Gasteiger partial charge on any atom is 0.127 e. The van der Waals surface area contributed by atoms with Crippen molar-refractivity contribution in [1.82, 2.24) is 0 Å². The molecule has 0 heterocycles. The fourth-order valence-electron chi connectivity index (χ4n) is 2.85. The first-order chi connectivity index (χ1) is 7.97. The van der Waals surface area contributed by atoms with Crippen molar-refractivity contribution in [2.45, 2.75) is 43.8 Å². The Morgan fingerprint density at radius 1 is 1.12 bits per heavy atom. The minimum Gasteiger partial charge on any atom is -0.390 e. The monoisotopic (exact) mass is 236 g/mol. The third-order valence-electron chi connectivity index (χ3n) is 4.15. The predicted molar refractivity (Wildman–Crippen MR) is 65.4 cm³/mol. The van der Waals surface area contributed by atoms with Crippen molar-refractivity contribution in [3.05, 3.63) is 24.3 Å². The Balaban J connectivity index is 2.13. The smallest absolute Gasteiger partial charge is 0.127 e. The first-order valence-electron chi connectivity index (χ1n) is 6.22. The molecule has 3 heteroatoms. The molecular weight excluding hydrogens is 216 g/mol. The molecule has 0 radical (unpaired) electrons. The van der Waals surface area contributed by atoms with Gasteiger partial charge in [-0.25, -0.2) is 0 Å². The molecule has 2 unspecified atom stereocenters. The van der Waals surface area contributed by atoms with Crippen molar-refractivity contribution in [2.75, 3.05) is 0 Å². The summed E-state index contributed by atoms with van der Waals surface area (Å²) in [5, 5.41) is 20.6. The molecule has 0 bridgehead atoms. The van der Waals surface area contributed by atoms with Gasteiger partial charge < -0.3 is 15.0 Å². The van der Waals surface area contributed by atoms with Crippen LogP contribution in [0.25, 0.3) is 0 Å². The lowest BCUT2D eigenvalue weighted by atomic mass is 9.66. The largest absolute Gasteiger partial charge is 0.390 e. The quantitative estimate of drug-likeness (QED) is 0.716. The third-order valence-corrected chi connectivity index (χ3v) is 4.15. The predicted octanol–water partition coefficient (Wildman–Crippen LogP) is 1.60. The number of rotatable bonds is 2. The van der Waals surface area contributed by atoms with Crippen LogP contribution >= 0.6 is 0 Å². The Labute approximate surface area is 102 Å². The number of allylic oxidation sites excluding steroid dienone is 3. The normalized spacial score (nSPS) is 45.8. The van der Waals surface area contributed by atoms with E-state index in [4.69, 9.17) is 0 Å². The summed E-state index contributed by atoms with van der Waals surface area (Å²) >= 11 is 0. The van der Waals surface area contributed by atoms with E-state index in [1.54, 1.807) is 6.92 Å². The highest BCUT2D eigenvalue weighted by Gasteiger charge is 2.44. The van der Waals surface area contributed by atoms with Crippen LogP contribution in [0, 0.1) is 11.8 Å².